The number of hydrogen-bond acceptors (Lipinski definition) is 2. The van der Waals surface area contributed by atoms with Crippen molar-refractivity contribution in [2.75, 3.05) is 13.1 Å². The van der Waals surface area contributed by atoms with Crippen LogP contribution in [0.15, 0.2) is 48.5 Å². The number of aryl methyl sites for hydroxylation is 2. The molecule has 0 unspecified atom stereocenters. The summed E-state index contributed by atoms with van der Waals surface area (Å²) in [4.78, 5) is 27.6. The molecule has 1 N–H and O–H groups in total. The number of nitrogens with zero attached hydrogens (tertiary/aromatic N) is 1. The maximum atomic E-state index is 13.2. The first-order valence-corrected chi connectivity index (χ1v) is 10.6. The Kier molecular flexibility index (Phi) is 8.91. The zero-order valence-electron chi connectivity index (χ0n) is 18.2. The first kappa shape index (κ1) is 22.7. The van der Waals surface area contributed by atoms with Gasteiger partial charge >= 0.3 is 0 Å². The molecule has 2 aromatic carbocycles. The molecule has 0 fully saturated rings. The number of hydrogen-bond donors (Lipinski definition) is 1. The molecule has 0 saturated heterocycles. The maximum absolute atomic E-state index is 13.2. The Morgan fingerprint density at radius 3 is 2.48 bits per heavy atom. The van der Waals surface area contributed by atoms with E-state index in [-0.39, 0.29) is 11.8 Å². The molecule has 0 spiro atoms. The van der Waals surface area contributed by atoms with Gasteiger partial charge in [-0.3, -0.25) is 9.59 Å². The van der Waals surface area contributed by atoms with Crippen LogP contribution in [0.4, 0.5) is 0 Å². The molecule has 0 aliphatic heterocycles. The van der Waals surface area contributed by atoms with E-state index in [0.29, 0.717) is 19.5 Å². The second-order valence-corrected chi connectivity index (χ2v) is 7.75. The minimum atomic E-state index is -0.492. The molecular weight excluding hydrogens is 360 g/mol. The summed E-state index contributed by atoms with van der Waals surface area (Å²) in [5.74, 6) is -0.0893. The van der Waals surface area contributed by atoms with Crippen LogP contribution in [-0.4, -0.2) is 35.8 Å². The van der Waals surface area contributed by atoms with E-state index in [9.17, 15) is 9.59 Å². The van der Waals surface area contributed by atoms with Gasteiger partial charge in [-0.05, 0) is 50.3 Å². The van der Waals surface area contributed by atoms with Gasteiger partial charge in [-0.2, -0.15) is 0 Å². The minimum absolute atomic E-state index is 0.00669. The number of amides is 2. The van der Waals surface area contributed by atoms with E-state index in [4.69, 9.17) is 0 Å². The van der Waals surface area contributed by atoms with E-state index in [1.807, 2.05) is 45.0 Å². The molecule has 0 saturated carbocycles. The fourth-order valence-electron chi connectivity index (χ4n) is 3.36. The smallest absolute Gasteiger partial charge is 0.242 e. The highest BCUT2D eigenvalue weighted by molar-refractivity contribution is 5.88. The van der Waals surface area contributed by atoms with Gasteiger partial charge in [0.2, 0.25) is 11.8 Å². The highest BCUT2D eigenvalue weighted by Crippen LogP contribution is 2.14. The topological polar surface area (TPSA) is 49.4 Å². The fourth-order valence-corrected chi connectivity index (χ4v) is 3.36. The van der Waals surface area contributed by atoms with Crippen molar-refractivity contribution in [2.45, 2.75) is 59.4 Å². The Morgan fingerprint density at radius 2 is 1.79 bits per heavy atom. The lowest BCUT2D eigenvalue weighted by Gasteiger charge is -2.29. The maximum Gasteiger partial charge on any atom is 0.242 e. The summed E-state index contributed by atoms with van der Waals surface area (Å²) in [7, 11) is 0. The van der Waals surface area contributed by atoms with Crippen LogP contribution in [0, 0.1) is 13.8 Å². The van der Waals surface area contributed by atoms with Crippen LogP contribution in [0.1, 0.15) is 48.9 Å². The molecule has 0 radical (unpaired) electrons. The highest BCUT2D eigenvalue weighted by atomic mass is 16.2. The molecule has 2 aromatic rings. The summed E-state index contributed by atoms with van der Waals surface area (Å²) in [5.41, 5.74) is 4.43. The third-order valence-electron chi connectivity index (χ3n) is 5.33. The predicted molar refractivity (Wildman–Crippen MR) is 119 cm³/mol. The molecule has 0 aliphatic rings. The van der Waals surface area contributed by atoms with Crippen LogP contribution < -0.4 is 5.32 Å². The van der Waals surface area contributed by atoms with Crippen molar-refractivity contribution in [1.82, 2.24) is 10.2 Å². The summed E-state index contributed by atoms with van der Waals surface area (Å²) in [6.45, 7) is 9.15. The predicted octanol–water partition coefficient (Wildman–Crippen LogP) is 4.22. The second-order valence-electron chi connectivity index (χ2n) is 7.75. The van der Waals surface area contributed by atoms with Crippen LogP contribution in [-0.2, 0) is 22.4 Å². The highest BCUT2D eigenvalue weighted by Gasteiger charge is 2.25. The number of rotatable bonds is 10. The summed E-state index contributed by atoms with van der Waals surface area (Å²) in [6, 6.07) is 15.8. The number of benzene rings is 2. The van der Waals surface area contributed by atoms with Crippen LogP contribution in [0.3, 0.4) is 0 Å². The molecule has 4 heteroatoms. The zero-order valence-corrected chi connectivity index (χ0v) is 18.2. The van der Waals surface area contributed by atoms with Crippen molar-refractivity contribution in [3.05, 3.63) is 70.8 Å². The lowest BCUT2D eigenvalue weighted by atomic mass is 10.0. The Labute approximate surface area is 175 Å². The summed E-state index contributed by atoms with van der Waals surface area (Å²) in [5, 5.41) is 2.97. The van der Waals surface area contributed by atoms with Gasteiger partial charge in [-0.15, -0.1) is 0 Å². The van der Waals surface area contributed by atoms with Gasteiger partial charge in [0.25, 0.3) is 0 Å². The van der Waals surface area contributed by atoms with Crippen molar-refractivity contribution in [3.63, 3.8) is 0 Å². The largest absolute Gasteiger partial charge is 0.354 e. The molecule has 1 atom stereocenters. The van der Waals surface area contributed by atoms with E-state index >= 15 is 0 Å². The van der Waals surface area contributed by atoms with E-state index in [0.717, 1.165) is 41.5 Å². The average molecular weight is 395 g/mol. The Bertz CT molecular complexity index is 802. The number of nitrogens with one attached hydrogen (secondary N) is 1. The molecule has 0 aliphatic carbocycles. The monoisotopic (exact) mass is 394 g/mol. The quantitative estimate of drug-likeness (QED) is 0.613. The summed E-state index contributed by atoms with van der Waals surface area (Å²) < 4.78 is 0. The van der Waals surface area contributed by atoms with Crippen molar-refractivity contribution in [3.8, 4) is 0 Å². The van der Waals surface area contributed by atoms with Gasteiger partial charge in [0.05, 0.1) is 6.42 Å². The standard InChI is InChI=1S/C25H34N2O2/c1-5-6-15-26-25(29)21(4)27(16-14-22-10-8-7-9-11-22)24(28)18-23-17-19(2)12-13-20(23)3/h7-13,17,21H,5-6,14-16,18H2,1-4H3,(H,26,29)/t21-/m0/s1. The van der Waals surface area contributed by atoms with Crippen LogP contribution in [0.25, 0.3) is 0 Å². The molecule has 2 rings (SSSR count). The molecule has 0 aromatic heterocycles. The van der Waals surface area contributed by atoms with E-state index in [2.05, 4.69) is 36.5 Å². The lowest BCUT2D eigenvalue weighted by molar-refractivity contribution is -0.139. The number of unbranched alkanes of at least 4 members (excludes halogenated alkanes) is 1. The molecule has 156 valence electrons. The molecule has 2 amide bonds. The number of carbonyl (C=O) groups excluding carboxylic acids is 2. The second kappa shape index (κ2) is 11.4. The Morgan fingerprint density at radius 1 is 1.07 bits per heavy atom. The molecule has 0 bridgehead atoms. The van der Waals surface area contributed by atoms with Gasteiger partial charge < -0.3 is 10.2 Å². The van der Waals surface area contributed by atoms with Gasteiger partial charge in [-0.1, -0.05) is 67.4 Å². The van der Waals surface area contributed by atoms with Crippen molar-refractivity contribution >= 4 is 11.8 Å². The van der Waals surface area contributed by atoms with Gasteiger partial charge in [0, 0.05) is 13.1 Å². The molecule has 0 heterocycles. The third-order valence-corrected chi connectivity index (χ3v) is 5.33. The minimum Gasteiger partial charge on any atom is -0.354 e. The fraction of sp³-hybridized carbons (Fsp3) is 0.440. The first-order valence-electron chi connectivity index (χ1n) is 10.6. The SMILES string of the molecule is CCCCNC(=O)[C@H](C)N(CCc1ccccc1)C(=O)Cc1cc(C)ccc1C. The van der Waals surface area contributed by atoms with Crippen LogP contribution >= 0.6 is 0 Å². The van der Waals surface area contributed by atoms with Crippen LogP contribution in [0.2, 0.25) is 0 Å². The van der Waals surface area contributed by atoms with Crippen LogP contribution in [0.5, 0.6) is 0 Å². The first-order chi connectivity index (χ1) is 13.9. The van der Waals surface area contributed by atoms with Gasteiger partial charge in [0.1, 0.15) is 6.04 Å². The summed E-state index contributed by atoms with van der Waals surface area (Å²) >= 11 is 0. The average Bonchev–Trinajstić information content (AvgIpc) is 2.71. The van der Waals surface area contributed by atoms with Gasteiger partial charge in [0.15, 0.2) is 0 Å². The van der Waals surface area contributed by atoms with Crippen molar-refractivity contribution in [2.24, 2.45) is 0 Å². The molecule has 29 heavy (non-hydrogen) atoms. The van der Waals surface area contributed by atoms with E-state index < -0.39 is 6.04 Å². The van der Waals surface area contributed by atoms with Crippen molar-refractivity contribution in [1.29, 1.82) is 0 Å². The molecule has 4 nitrogen and oxygen atoms in total. The summed E-state index contributed by atoms with van der Waals surface area (Å²) in [6.07, 6.45) is 3.01. The zero-order chi connectivity index (χ0) is 21.2. The van der Waals surface area contributed by atoms with E-state index in [1.54, 1.807) is 4.90 Å². The number of carbonyl (C=O) groups is 2. The third kappa shape index (κ3) is 7.04. The molecular formula is C25H34N2O2. The lowest BCUT2D eigenvalue weighted by Crippen LogP contribution is -2.49. The Hall–Kier alpha value is -2.62. The normalized spacial score (nSPS) is 11.7. The van der Waals surface area contributed by atoms with Crippen molar-refractivity contribution < 1.29 is 9.59 Å². The Balaban J connectivity index is 2.14. The van der Waals surface area contributed by atoms with Gasteiger partial charge in [-0.25, -0.2) is 0 Å². The van der Waals surface area contributed by atoms with E-state index in [1.165, 1.54) is 0 Å².